The molecule has 0 saturated carbocycles. The average Bonchev–Trinajstić information content (AvgIpc) is 2.35. The molecule has 16 heavy (non-hydrogen) atoms. The Morgan fingerprint density at radius 3 is 3.06 bits per heavy atom. The molecule has 0 aliphatic carbocycles. The molecule has 0 bridgehead atoms. The van der Waals surface area contributed by atoms with Gasteiger partial charge in [0.15, 0.2) is 0 Å². The summed E-state index contributed by atoms with van der Waals surface area (Å²) in [6.07, 6.45) is 2.95. The standard InChI is InChI=1S/C13H10N2S/c14-7-9-5-11-6-10-3-1-2-4-12(10)16-13(11)15-8-9/h1-5,15H,6,8H2. The fourth-order valence-electron chi connectivity index (χ4n) is 1.99. The van der Waals surface area contributed by atoms with Crippen molar-refractivity contribution in [1.29, 1.82) is 5.26 Å². The molecule has 0 fully saturated rings. The molecule has 0 saturated heterocycles. The van der Waals surface area contributed by atoms with Gasteiger partial charge in [-0.3, -0.25) is 0 Å². The van der Waals surface area contributed by atoms with Crippen molar-refractivity contribution in [3.8, 4) is 6.07 Å². The molecule has 2 aliphatic heterocycles. The van der Waals surface area contributed by atoms with Crippen LogP contribution in [0.3, 0.4) is 0 Å². The highest BCUT2D eigenvalue weighted by Gasteiger charge is 2.20. The minimum Gasteiger partial charge on any atom is -0.375 e. The van der Waals surface area contributed by atoms with E-state index < -0.39 is 0 Å². The monoisotopic (exact) mass is 226 g/mol. The smallest absolute Gasteiger partial charge is 0.0966 e. The van der Waals surface area contributed by atoms with Crippen LogP contribution in [0, 0.1) is 11.3 Å². The number of thioether (sulfide) groups is 1. The number of allylic oxidation sites excluding steroid dienone is 2. The molecule has 3 heteroatoms. The molecule has 1 N–H and O–H groups in total. The average molecular weight is 226 g/mol. The summed E-state index contributed by atoms with van der Waals surface area (Å²) in [5, 5.41) is 13.4. The number of nitriles is 1. The zero-order valence-electron chi connectivity index (χ0n) is 8.66. The zero-order valence-corrected chi connectivity index (χ0v) is 9.47. The topological polar surface area (TPSA) is 35.8 Å². The van der Waals surface area contributed by atoms with E-state index in [0.717, 1.165) is 12.0 Å². The normalized spacial score (nSPS) is 17.8. The van der Waals surface area contributed by atoms with Crippen LogP contribution in [0.2, 0.25) is 0 Å². The third kappa shape index (κ3) is 1.52. The molecule has 3 rings (SSSR count). The summed E-state index contributed by atoms with van der Waals surface area (Å²) < 4.78 is 0. The van der Waals surface area contributed by atoms with Gasteiger partial charge in [0, 0.05) is 16.9 Å². The number of dihydropyridines is 1. The van der Waals surface area contributed by atoms with Gasteiger partial charge < -0.3 is 5.32 Å². The molecule has 78 valence electrons. The van der Waals surface area contributed by atoms with Crippen LogP contribution in [-0.4, -0.2) is 6.54 Å². The Labute approximate surface area is 98.7 Å². The van der Waals surface area contributed by atoms with Crippen molar-refractivity contribution in [2.24, 2.45) is 0 Å². The highest BCUT2D eigenvalue weighted by atomic mass is 32.2. The van der Waals surface area contributed by atoms with Gasteiger partial charge in [-0.1, -0.05) is 30.0 Å². The summed E-state index contributed by atoms with van der Waals surface area (Å²) in [6.45, 7) is 0.657. The number of fused-ring (bicyclic) bond motifs is 1. The minimum absolute atomic E-state index is 0.657. The lowest BCUT2D eigenvalue weighted by atomic mass is 10.0. The summed E-state index contributed by atoms with van der Waals surface area (Å²) in [6, 6.07) is 10.6. The highest BCUT2D eigenvalue weighted by molar-refractivity contribution is 8.03. The van der Waals surface area contributed by atoms with Crippen LogP contribution in [0.15, 0.2) is 51.4 Å². The van der Waals surface area contributed by atoms with E-state index in [1.54, 1.807) is 11.8 Å². The van der Waals surface area contributed by atoms with E-state index in [2.05, 4.69) is 35.7 Å². The van der Waals surface area contributed by atoms with Crippen molar-refractivity contribution in [1.82, 2.24) is 5.32 Å². The lowest BCUT2D eigenvalue weighted by Crippen LogP contribution is -2.22. The molecule has 0 amide bonds. The molecular weight excluding hydrogens is 216 g/mol. The second kappa shape index (κ2) is 3.73. The van der Waals surface area contributed by atoms with Crippen LogP contribution >= 0.6 is 11.8 Å². The highest BCUT2D eigenvalue weighted by Crippen LogP contribution is 2.38. The minimum atomic E-state index is 0.657. The second-order valence-electron chi connectivity index (χ2n) is 3.88. The quantitative estimate of drug-likeness (QED) is 0.738. The van der Waals surface area contributed by atoms with Crippen LogP contribution in [0.25, 0.3) is 0 Å². The SMILES string of the molecule is N#CC1=CC2=C(NC1)Sc1ccccc1C2. The van der Waals surface area contributed by atoms with Crippen molar-refractivity contribution in [3.63, 3.8) is 0 Å². The lowest BCUT2D eigenvalue weighted by Gasteiger charge is -2.24. The Kier molecular flexibility index (Phi) is 2.23. The van der Waals surface area contributed by atoms with E-state index in [0.29, 0.717) is 6.54 Å². The van der Waals surface area contributed by atoms with Crippen molar-refractivity contribution in [2.75, 3.05) is 6.54 Å². The summed E-state index contributed by atoms with van der Waals surface area (Å²) in [5.74, 6) is 0. The van der Waals surface area contributed by atoms with Crippen LogP contribution in [0.5, 0.6) is 0 Å². The predicted octanol–water partition coefficient (Wildman–Crippen LogP) is 2.60. The van der Waals surface area contributed by atoms with Gasteiger partial charge in [-0.25, -0.2) is 0 Å². The van der Waals surface area contributed by atoms with Crippen molar-refractivity contribution in [2.45, 2.75) is 11.3 Å². The summed E-state index contributed by atoms with van der Waals surface area (Å²) in [5.41, 5.74) is 3.41. The molecule has 2 heterocycles. The summed E-state index contributed by atoms with van der Waals surface area (Å²) in [7, 11) is 0. The molecule has 0 radical (unpaired) electrons. The first-order valence-corrected chi connectivity index (χ1v) is 6.02. The molecule has 2 aliphatic rings. The number of rotatable bonds is 0. The van der Waals surface area contributed by atoms with E-state index in [-0.39, 0.29) is 0 Å². The predicted molar refractivity (Wildman–Crippen MR) is 64.7 cm³/mol. The number of nitrogens with zero attached hydrogens (tertiary/aromatic N) is 1. The molecule has 0 atom stereocenters. The fraction of sp³-hybridized carbons (Fsp3) is 0.154. The lowest BCUT2D eigenvalue weighted by molar-refractivity contribution is 0.884. The second-order valence-corrected chi connectivity index (χ2v) is 4.93. The van der Waals surface area contributed by atoms with E-state index in [1.165, 1.54) is 21.1 Å². The van der Waals surface area contributed by atoms with Crippen LogP contribution < -0.4 is 5.32 Å². The first-order valence-electron chi connectivity index (χ1n) is 5.20. The first kappa shape index (κ1) is 9.56. The molecule has 2 nitrogen and oxygen atoms in total. The van der Waals surface area contributed by atoms with Crippen LogP contribution in [0.4, 0.5) is 0 Å². The summed E-state index contributed by atoms with van der Waals surface area (Å²) in [4.78, 5) is 1.32. The van der Waals surface area contributed by atoms with Gasteiger partial charge in [0.2, 0.25) is 0 Å². The third-order valence-electron chi connectivity index (χ3n) is 2.79. The van der Waals surface area contributed by atoms with Crippen molar-refractivity contribution in [3.05, 3.63) is 52.1 Å². The van der Waals surface area contributed by atoms with E-state index in [1.807, 2.05) is 6.08 Å². The van der Waals surface area contributed by atoms with E-state index in [4.69, 9.17) is 5.26 Å². The van der Waals surface area contributed by atoms with Gasteiger partial charge in [0.25, 0.3) is 0 Å². The Balaban J connectivity index is 2.01. The first-order chi connectivity index (χ1) is 7.86. The molecule has 1 aromatic carbocycles. The van der Waals surface area contributed by atoms with Gasteiger partial charge in [-0.05, 0) is 23.3 Å². The zero-order chi connectivity index (χ0) is 11.0. The van der Waals surface area contributed by atoms with Crippen molar-refractivity contribution >= 4 is 11.8 Å². The van der Waals surface area contributed by atoms with Gasteiger partial charge in [0.05, 0.1) is 17.6 Å². The largest absolute Gasteiger partial charge is 0.375 e. The molecular formula is C13H10N2S. The molecule has 0 aromatic heterocycles. The van der Waals surface area contributed by atoms with Crippen LogP contribution in [-0.2, 0) is 6.42 Å². The van der Waals surface area contributed by atoms with Crippen molar-refractivity contribution < 1.29 is 0 Å². The maximum atomic E-state index is 8.89. The van der Waals surface area contributed by atoms with Gasteiger partial charge in [-0.15, -0.1) is 0 Å². The number of hydrogen-bond acceptors (Lipinski definition) is 3. The Morgan fingerprint density at radius 2 is 2.19 bits per heavy atom. The number of benzene rings is 1. The Hall–Kier alpha value is -1.66. The van der Waals surface area contributed by atoms with E-state index >= 15 is 0 Å². The Bertz CT molecular complexity index is 549. The van der Waals surface area contributed by atoms with E-state index in [9.17, 15) is 0 Å². The maximum Gasteiger partial charge on any atom is 0.0966 e. The van der Waals surface area contributed by atoms with Gasteiger partial charge in [0.1, 0.15) is 0 Å². The maximum absolute atomic E-state index is 8.89. The number of hydrogen-bond donors (Lipinski definition) is 1. The van der Waals surface area contributed by atoms with Crippen LogP contribution in [0.1, 0.15) is 5.56 Å². The number of nitrogens with one attached hydrogen (secondary N) is 1. The Morgan fingerprint density at radius 1 is 1.31 bits per heavy atom. The molecule has 0 unspecified atom stereocenters. The fourth-order valence-corrected chi connectivity index (χ4v) is 3.03. The molecule has 1 aromatic rings. The molecule has 0 spiro atoms. The van der Waals surface area contributed by atoms with Gasteiger partial charge in [-0.2, -0.15) is 5.26 Å². The third-order valence-corrected chi connectivity index (χ3v) is 4.02. The van der Waals surface area contributed by atoms with Gasteiger partial charge >= 0.3 is 0 Å². The summed E-state index contributed by atoms with van der Waals surface area (Å²) >= 11 is 1.77.